The van der Waals surface area contributed by atoms with Gasteiger partial charge in [-0.25, -0.2) is 0 Å². The van der Waals surface area contributed by atoms with Crippen molar-refractivity contribution in [2.24, 2.45) is 7.05 Å². The molecule has 1 N–H and O–H groups in total. The number of hydrogen-bond acceptors (Lipinski definition) is 7. The molecule has 2 aliphatic heterocycles. The second kappa shape index (κ2) is 9.12. The molecule has 1 atom stereocenters. The van der Waals surface area contributed by atoms with Crippen molar-refractivity contribution >= 4 is 39.6 Å². The number of rotatable bonds is 4. The van der Waals surface area contributed by atoms with Crippen molar-refractivity contribution in [3.63, 3.8) is 0 Å². The first-order valence-corrected chi connectivity index (χ1v) is 13.0. The zero-order valence-corrected chi connectivity index (χ0v) is 22.4. The number of pyridine rings is 1. The van der Waals surface area contributed by atoms with Gasteiger partial charge in [0.05, 0.1) is 31.7 Å². The molecule has 9 nitrogen and oxygen atoms in total. The molecule has 5 aromatic rings. The number of carbonyl (C=O) groups is 2. The average Bonchev–Trinajstić information content (AvgIpc) is 3.46. The van der Waals surface area contributed by atoms with Crippen molar-refractivity contribution in [3.05, 3.63) is 99.2 Å². The first kappa shape index (κ1) is 24.7. The molecule has 0 fully saturated rings. The van der Waals surface area contributed by atoms with E-state index in [0.717, 1.165) is 21.9 Å². The van der Waals surface area contributed by atoms with Crippen LogP contribution in [0.2, 0.25) is 0 Å². The van der Waals surface area contributed by atoms with Gasteiger partial charge in [0.15, 0.2) is 5.76 Å². The maximum Gasteiger partial charge on any atom is 0.312 e. The number of aryl methyl sites for hydroxylation is 1. The number of aromatic amines is 1. The highest BCUT2D eigenvalue weighted by molar-refractivity contribution is 6.16. The van der Waals surface area contributed by atoms with Crippen molar-refractivity contribution in [2.75, 3.05) is 14.2 Å². The van der Waals surface area contributed by atoms with Crippen LogP contribution in [0.4, 0.5) is 0 Å². The molecule has 0 spiro atoms. The average molecular weight is 549 g/mol. The quantitative estimate of drug-likeness (QED) is 0.189. The number of aromatic nitrogens is 2. The van der Waals surface area contributed by atoms with Gasteiger partial charge in [0, 0.05) is 52.8 Å². The van der Waals surface area contributed by atoms with Crippen molar-refractivity contribution in [3.8, 4) is 23.0 Å². The zero-order chi connectivity index (χ0) is 28.4. The molecule has 0 bridgehead atoms. The Hall–Kier alpha value is -5.31. The minimum Gasteiger partial charge on any atom is -0.497 e. The summed E-state index contributed by atoms with van der Waals surface area (Å²) in [5.41, 5.74) is 3.24. The Morgan fingerprint density at radius 2 is 1.73 bits per heavy atom. The molecule has 0 unspecified atom stereocenters. The van der Waals surface area contributed by atoms with Crippen molar-refractivity contribution in [1.82, 2.24) is 9.55 Å². The van der Waals surface area contributed by atoms with Gasteiger partial charge >= 0.3 is 5.97 Å². The van der Waals surface area contributed by atoms with Gasteiger partial charge in [0.1, 0.15) is 23.0 Å². The molecular weight excluding hydrogens is 524 g/mol. The van der Waals surface area contributed by atoms with Crippen LogP contribution in [0.5, 0.6) is 23.0 Å². The number of nitrogens with one attached hydrogen (secondary N) is 1. The van der Waals surface area contributed by atoms with Crippen LogP contribution < -0.4 is 24.5 Å². The van der Waals surface area contributed by atoms with Crippen LogP contribution in [0.25, 0.3) is 27.9 Å². The van der Waals surface area contributed by atoms with Crippen molar-refractivity contribution in [2.45, 2.75) is 12.3 Å². The Morgan fingerprint density at radius 1 is 0.951 bits per heavy atom. The lowest BCUT2D eigenvalue weighted by Crippen LogP contribution is -2.26. The lowest BCUT2D eigenvalue weighted by Gasteiger charge is -2.26. The summed E-state index contributed by atoms with van der Waals surface area (Å²) < 4.78 is 24.4. The van der Waals surface area contributed by atoms with Gasteiger partial charge in [0.25, 0.3) is 5.56 Å². The minimum absolute atomic E-state index is 0.0755. The molecule has 2 aliphatic rings. The SMILES string of the molecule is COc1ccc2cc([C@@H]3CC(=O)Oc4ccc5c(c43)O/C(=C\c3cn(C)c4ccc(OC)cc34)C5=O)c(=O)[nH]c2c1. The van der Waals surface area contributed by atoms with Crippen LogP contribution in [0, 0.1) is 0 Å². The standard InChI is InChI=1S/C32H24N2O7/c1-34-15-17(21-12-18(38-2)6-8-25(21)34)11-27-30(36)20-7-9-26-29(31(20)41-27)22(14-28(35)40-26)23-10-16-4-5-19(39-3)13-24(16)33-32(23)37/h4-13,15,22H,14H2,1-3H3,(H,33,37)/b27-11-/t22-/m0/s1. The largest absolute Gasteiger partial charge is 0.497 e. The summed E-state index contributed by atoms with van der Waals surface area (Å²) in [7, 11) is 5.08. The van der Waals surface area contributed by atoms with E-state index in [4.69, 9.17) is 18.9 Å². The minimum atomic E-state index is -0.676. The molecule has 3 aromatic carbocycles. The third kappa shape index (κ3) is 3.88. The number of nitrogens with zero attached hydrogens (tertiary/aromatic N) is 1. The number of ether oxygens (including phenoxy) is 4. The smallest absolute Gasteiger partial charge is 0.312 e. The number of allylic oxidation sites excluding steroid dienone is 1. The van der Waals surface area contributed by atoms with E-state index in [9.17, 15) is 14.4 Å². The third-order valence-electron chi connectivity index (χ3n) is 7.75. The molecule has 0 radical (unpaired) electrons. The highest BCUT2D eigenvalue weighted by Crippen LogP contribution is 2.48. The lowest BCUT2D eigenvalue weighted by atomic mass is 9.85. The fraction of sp³-hybridized carbons (Fsp3) is 0.156. The Labute approximate surface area is 233 Å². The number of esters is 1. The molecular formula is C32H24N2O7. The van der Waals surface area contributed by atoms with Crippen molar-refractivity contribution in [1.29, 1.82) is 0 Å². The number of methoxy groups -OCH3 is 2. The molecule has 0 saturated heterocycles. The Bertz CT molecular complexity index is 2030. The van der Waals surface area contributed by atoms with Gasteiger partial charge in [-0.3, -0.25) is 14.4 Å². The van der Waals surface area contributed by atoms with Gasteiger partial charge in [-0.05, 0) is 60.0 Å². The van der Waals surface area contributed by atoms with Crippen LogP contribution >= 0.6 is 0 Å². The summed E-state index contributed by atoms with van der Waals surface area (Å²) in [6, 6.07) is 16.1. The van der Waals surface area contributed by atoms with E-state index < -0.39 is 11.9 Å². The summed E-state index contributed by atoms with van der Waals surface area (Å²) in [5.74, 6) is 0.569. The zero-order valence-electron chi connectivity index (χ0n) is 22.4. The first-order valence-electron chi connectivity index (χ1n) is 13.0. The Kier molecular flexibility index (Phi) is 5.50. The van der Waals surface area contributed by atoms with Crippen LogP contribution in [0.1, 0.15) is 39.4 Å². The molecule has 0 saturated carbocycles. The van der Waals surface area contributed by atoms with Crippen LogP contribution in [-0.2, 0) is 11.8 Å². The maximum absolute atomic E-state index is 13.6. The number of carbonyl (C=O) groups excluding carboxylic acids is 2. The van der Waals surface area contributed by atoms with Crippen LogP contribution in [0.15, 0.2) is 71.3 Å². The normalized spacial score (nSPS) is 17.0. The van der Waals surface area contributed by atoms with Gasteiger partial charge < -0.3 is 28.5 Å². The van der Waals surface area contributed by atoms with Gasteiger partial charge in [0.2, 0.25) is 5.78 Å². The Morgan fingerprint density at radius 3 is 2.54 bits per heavy atom. The van der Waals surface area contributed by atoms with E-state index in [1.807, 2.05) is 42.1 Å². The van der Waals surface area contributed by atoms with E-state index in [2.05, 4.69) is 4.98 Å². The molecule has 2 aromatic heterocycles. The number of ketones is 1. The van der Waals surface area contributed by atoms with E-state index >= 15 is 0 Å². The second-order valence-corrected chi connectivity index (χ2v) is 10.1. The fourth-order valence-corrected chi connectivity index (χ4v) is 5.74. The molecule has 4 heterocycles. The summed E-state index contributed by atoms with van der Waals surface area (Å²) in [5, 5.41) is 1.68. The Balaban J connectivity index is 1.35. The van der Waals surface area contributed by atoms with E-state index in [1.165, 1.54) is 0 Å². The van der Waals surface area contributed by atoms with E-state index in [1.54, 1.807) is 50.6 Å². The number of fused-ring (bicyclic) bond motifs is 5. The number of Topliss-reactive ketones (excluding diaryl/α,β-unsaturated/α-hetero) is 1. The van der Waals surface area contributed by atoms with Gasteiger partial charge in [-0.15, -0.1) is 0 Å². The first-order chi connectivity index (χ1) is 19.8. The monoisotopic (exact) mass is 548 g/mol. The van der Waals surface area contributed by atoms with E-state index in [0.29, 0.717) is 39.5 Å². The summed E-state index contributed by atoms with van der Waals surface area (Å²) >= 11 is 0. The molecule has 204 valence electrons. The molecule has 0 aliphatic carbocycles. The topological polar surface area (TPSA) is 109 Å². The highest BCUT2D eigenvalue weighted by atomic mass is 16.5. The van der Waals surface area contributed by atoms with Crippen LogP contribution in [0.3, 0.4) is 0 Å². The number of H-pyrrole nitrogens is 1. The summed E-state index contributed by atoms with van der Waals surface area (Å²) in [6.07, 6.45) is 3.55. The van der Waals surface area contributed by atoms with Gasteiger partial charge in [-0.1, -0.05) is 0 Å². The fourth-order valence-electron chi connectivity index (χ4n) is 5.74. The number of hydrogen-bond donors (Lipinski definition) is 1. The molecule has 0 amide bonds. The predicted octanol–water partition coefficient (Wildman–Crippen LogP) is 5.09. The second-order valence-electron chi connectivity index (χ2n) is 10.1. The molecule has 9 heteroatoms. The predicted molar refractivity (Wildman–Crippen MR) is 152 cm³/mol. The van der Waals surface area contributed by atoms with Crippen molar-refractivity contribution < 1.29 is 28.5 Å². The molecule has 7 rings (SSSR count). The summed E-state index contributed by atoms with van der Waals surface area (Å²) in [6.45, 7) is 0. The van der Waals surface area contributed by atoms with Crippen LogP contribution in [-0.4, -0.2) is 35.5 Å². The van der Waals surface area contributed by atoms with E-state index in [-0.39, 0.29) is 29.3 Å². The third-order valence-corrected chi connectivity index (χ3v) is 7.75. The number of benzene rings is 3. The maximum atomic E-state index is 13.6. The highest BCUT2D eigenvalue weighted by Gasteiger charge is 2.39. The lowest BCUT2D eigenvalue weighted by molar-refractivity contribution is -0.135. The molecule has 41 heavy (non-hydrogen) atoms. The summed E-state index contributed by atoms with van der Waals surface area (Å²) in [4.78, 5) is 42.4. The van der Waals surface area contributed by atoms with Gasteiger partial charge in [-0.2, -0.15) is 0 Å².